The summed E-state index contributed by atoms with van der Waals surface area (Å²) in [7, 11) is 1.87. The second kappa shape index (κ2) is 7.16. The van der Waals surface area contributed by atoms with Crippen LogP contribution in [0.3, 0.4) is 0 Å². The molecule has 116 valence electrons. The third-order valence-electron chi connectivity index (χ3n) is 4.42. The van der Waals surface area contributed by atoms with Crippen LogP contribution in [0.15, 0.2) is 22.5 Å². The van der Waals surface area contributed by atoms with Gasteiger partial charge in [0.25, 0.3) is 0 Å². The Morgan fingerprint density at radius 3 is 2.76 bits per heavy atom. The smallest absolute Gasteiger partial charge is 0.191 e. The molecule has 0 unspecified atom stereocenters. The number of thiophene rings is 1. The molecule has 1 aromatic rings. The minimum Gasteiger partial charge on any atom is -0.363 e. The molecule has 0 atom stereocenters. The topological polar surface area (TPSA) is 39.7 Å². The molecule has 2 aliphatic rings. The quantitative estimate of drug-likeness (QED) is 0.649. The number of guanidine groups is 1. The lowest BCUT2D eigenvalue weighted by molar-refractivity contribution is 0.462. The van der Waals surface area contributed by atoms with Crippen LogP contribution in [0.1, 0.15) is 32.1 Å². The maximum atomic E-state index is 4.35. The molecule has 5 heteroatoms. The summed E-state index contributed by atoms with van der Waals surface area (Å²) in [6.45, 7) is 3.33. The normalized spacial score (nSPS) is 20.6. The van der Waals surface area contributed by atoms with Crippen molar-refractivity contribution in [3.05, 3.63) is 17.5 Å². The molecule has 1 saturated heterocycles. The van der Waals surface area contributed by atoms with Gasteiger partial charge in [-0.15, -0.1) is 11.3 Å². The predicted molar refractivity (Wildman–Crippen MR) is 91.4 cm³/mol. The lowest BCUT2D eigenvalue weighted by Gasteiger charge is -2.33. The summed E-state index contributed by atoms with van der Waals surface area (Å²) >= 11 is 1.84. The molecule has 3 rings (SSSR count). The molecule has 1 saturated carbocycles. The van der Waals surface area contributed by atoms with E-state index in [1.54, 1.807) is 0 Å². The molecular formula is C16H26N4S. The monoisotopic (exact) mass is 306 g/mol. The fourth-order valence-electron chi connectivity index (χ4n) is 2.88. The van der Waals surface area contributed by atoms with Gasteiger partial charge in [-0.25, -0.2) is 0 Å². The second-order valence-corrected chi connectivity index (χ2v) is 7.01. The van der Waals surface area contributed by atoms with E-state index in [1.807, 2.05) is 18.4 Å². The van der Waals surface area contributed by atoms with E-state index in [1.165, 1.54) is 37.1 Å². The lowest BCUT2D eigenvalue weighted by Crippen LogP contribution is -2.48. The lowest BCUT2D eigenvalue weighted by atomic mass is 10.1. The van der Waals surface area contributed by atoms with E-state index in [2.05, 4.69) is 38.0 Å². The average Bonchev–Trinajstić information content (AvgIpc) is 3.18. The molecule has 1 aromatic heterocycles. The van der Waals surface area contributed by atoms with E-state index in [-0.39, 0.29) is 0 Å². The van der Waals surface area contributed by atoms with E-state index in [4.69, 9.17) is 0 Å². The van der Waals surface area contributed by atoms with E-state index in [0.29, 0.717) is 6.04 Å². The fourth-order valence-corrected chi connectivity index (χ4v) is 3.67. The van der Waals surface area contributed by atoms with Gasteiger partial charge in [-0.1, -0.05) is 12.8 Å². The number of anilines is 1. The van der Waals surface area contributed by atoms with Crippen LogP contribution in [0.2, 0.25) is 0 Å². The van der Waals surface area contributed by atoms with Gasteiger partial charge >= 0.3 is 0 Å². The molecule has 1 aliphatic carbocycles. The first-order valence-electron chi connectivity index (χ1n) is 8.11. The van der Waals surface area contributed by atoms with Crippen molar-refractivity contribution in [2.45, 2.75) is 38.1 Å². The summed E-state index contributed by atoms with van der Waals surface area (Å²) in [5, 5.41) is 10.6. The van der Waals surface area contributed by atoms with Gasteiger partial charge in [0.1, 0.15) is 0 Å². The van der Waals surface area contributed by atoms with Gasteiger partial charge in [-0.3, -0.25) is 4.99 Å². The first-order valence-corrected chi connectivity index (χ1v) is 8.99. The molecule has 21 heavy (non-hydrogen) atoms. The van der Waals surface area contributed by atoms with Crippen molar-refractivity contribution in [1.82, 2.24) is 10.6 Å². The van der Waals surface area contributed by atoms with Crippen LogP contribution >= 0.6 is 11.3 Å². The molecule has 0 amide bonds. The molecule has 1 aliphatic heterocycles. The SMILES string of the molecule is CN=C(NCCC1CC1)NC1CCN(c2cccs2)CC1. The van der Waals surface area contributed by atoms with E-state index in [9.17, 15) is 0 Å². The first-order chi connectivity index (χ1) is 10.3. The summed E-state index contributed by atoms with van der Waals surface area (Å²) < 4.78 is 0. The Morgan fingerprint density at radius 1 is 1.33 bits per heavy atom. The van der Waals surface area contributed by atoms with Gasteiger partial charge in [0, 0.05) is 32.7 Å². The Morgan fingerprint density at radius 2 is 2.14 bits per heavy atom. The number of nitrogens with zero attached hydrogens (tertiary/aromatic N) is 2. The molecule has 2 N–H and O–H groups in total. The zero-order valence-corrected chi connectivity index (χ0v) is 13.7. The van der Waals surface area contributed by atoms with Crippen molar-refractivity contribution >= 4 is 22.3 Å². The van der Waals surface area contributed by atoms with Gasteiger partial charge in [-0.05, 0) is 42.7 Å². The Hall–Kier alpha value is -1.23. The number of aliphatic imine (C=N–C) groups is 1. The summed E-state index contributed by atoms with van der Waals surface area (Å²) in [5.41, 5.74) is 0. The third-order valence-corrected chi connectivity index (χ3v) is 5.35. The number of piperidine rings is 1. The highest BCUT2D eigenvalue weighted by atomic mass is 32.1. The fraction of sp³-hybridized carbons (Fsp3) is 0.688. The highest BCUT2D eigenvalue weighted by Crippen LogP contribution is 2.31. The van der Waals surface area contributed by atoms with Gasteiger partial charge in [-0.2, -0.15) is 0 Å². The standard InChI is InChI=1S/C16H26N4S/c1-17-16(18-9-6-13-4-5-13)19-14-7-10-20(11-8-14)15-3-2-12-21-15/h2-3,12-14H,4-11H2,1H3,(H2,17,18,19). The zero-order valence-electron chi connectivity index (χ0n) is 12.8. The second-order valence-electron chi connectivity index (χ2n) is 6.09. The molecule has 0 spiro atoms. The minimum atomic E-state index is 0.549. The Labute approximate surface area is 131 Å². The van der Waals surface area contributed by atoms with Crippen LogP contribution in [-0.2, 0) is 0 Å². The predicted octanol–water partition coefficient (Wildman–Crippen LogP) is 2.68. The number of nitrogens with one attached hydrogen (secondary N) is 2. The van der Waals surface area contributed by atoms with Gasteiger partial charge in [0.2, 0.25) is 0 Å². The maximum Gasteiger partial charge on any atom is 0.191 e. The molecule has 4 nitrogen and oxygen atoms in total. The number of hydrogen-bond donors (Lipinski definition) is 2. The molecule has 0 radical (unpaired) electrons. The summed E-state index contributed by atoms with van der Waals surface area (Å²) in [5.74, 6) is 1.95. The zero-order chi connectivity index (χ0) is 14.5. The maximum absolute atomic E-state index is 4.35. The Bertz CT molecular complexity index is 445. The van der Waals surface area contributed by atoms with Crippen LogP contribution < -0.4 is 15.5 Å². The third kappa shape index (κ3) is 4.37. The highest BCUT2D eigenvalue weighted by molar-refractivity contribution is 7.14. The summed E-state index contributed by atoms with van der Waals surface area (Å²) in [4.78, 5) is 6.84. The largest absolute Gasteiger partial charge is 0.363 e. The van der Waals surface area contributed by atoms with E-state index >= 15 is 0 Å². The first kappa shape index (κ1) is 14.7. The van der Waals surface area contributed by atoms with Crippen LogP contribution in [-0.4, -0.2) is 38.7 Å². The van der Waals surface area contributed by atoms with Crippen LogP contribution in [0.5, 0.6) is 0 Å². The Balaban J connectivity index is 1.39. The van der Waals surface area contributed by atoms with Crippen molar-refractivity contribution in [3.63, 3.8) is 0 Å². The molecular weight excluding hydrogens is 280 g/mol. The molecule has 2 heterocycles. The minimum absolute atomic E-state index is 0.549. The summed E-state index contributed by atoms with van der Waals surface area (Å²) in [6.07, 6.45) is 6.50. The number of hydrogen-bond acceptors (Lipinski definition) is 3. The highest BCUT2D eigenvalue weighted by Gasteiger charge is 2.22. The van der Waals surface area contributed by atoms with E-state index in [0.717, 1.165) is 31.5 Å². The van der Waals surface area contributed by atoms with Crippen LogP contribution in [0.25, 0.3) is 0 Å². The van der Waals surface area contributed by atoms with Crippen molar-refractivity contribution in [2.75, 3.05) is 31.6 Å². The average molecular weight is 306 g/mol. The van der Waals surface area contributed by atoms with Crippen molar-refractivity contribution in [3.8, 4) is 0 Å². The number of rotatable bonds is 5. The molecule has 0 bridgehead atoms. The van der Waals surface area contributed by atoms with Crippen molar-refractivity contribution in [2.24, 2.45) is 10.9 Å². The van der Waals surface area contributed by atoms with E-state index < -0.39 is 0 Å². The van der Waals surface area contributed by atoms with Crippen molar-refractivity contribution in [1.29, 1.82) is 0 Å². The van der Waals surface area contributed by atoms with Crippen LogP contribution in [0.4, 0.5) is 5.00 Å². The van der Waals surface area contributed by atoms with Crippen molar-refractivity contribution < 1.29 is 0 Å². The molecule has 2 fully saturated rings. The van der Waals surface area contributed by atoms with Crippen LogP contribution in [0, 0.1) is 5.92 Å². The van der Waals surface area contributed by atoms with Gasteiger partial charge in [0.05, 0.1) is 5.00 Å². The molecule has 0 aromatic carbocycles. The summed E-state index contributed by atoms with van der Waals surface area (Å²) in [6, 6.07) is 4.90. The van der Waals surface area contributed by atoms with Gasteiger partial charge in [0.15, 0.2) is 5.96 Å². The Kier molecular flexibility index (Phi) is 5.01. The van der Waals surface area contributed by atoms with Gasteiger partial charge < -0.3 is 15.5 Å².